The maximum absolute atomic E-state index is 12.7. The van der Waals surface area contributed by atoms with Gasteiger partial charge in [0.1, 0.15) is 0 Å². The number of alkyl halides is 2. The molecule has 0 radical (unpaired) electrons. The van der Waals surface area contributed by atoms with Crippen LogP contribution in [-0.2, 0) is 11.2 Å². The number of nitrogens with zero attached hydrogens (tertiary/aromatic N) is 3. The highest BCUT2D eigenvalue weighted by Gasteiger charge is 2.22. The molecule has 20 heavy (non-hydrogen) atoms. The normalized spacial score (nSPS) is 15.3. The number of piperazine rings is 1. The number of halogens is 3. The predicted molar refractivity (Wildman–Crippen MR) is 73.4 cm³/mol. The van der Waals surface area contributed by atoms with E-state index >= 15 is 0 Å². The molecule has 1 aliphatic heterocycles. The van der Waals surface area contributed by atoms with E-state index in [9.17, 15) is 13.6 Å². The van der Waals surface area contributed by atoms with Crippen molar-refractivity contribution >= 4 is 18.3 Å². The minimum Gasteiger partial charge on any atom is -0.340 e. The van der Waals surface area contributed by atoms with Crippen molar-refractivity contribution in [3.05, 3.63) is 17.0 Å². The summed E-state index contributed by atoms with van der Waals surface area (Å²) in [5.74, 6) is -0.0264. The Morgan fingerprint density at radius 1 is 1.35 bits per heavy atom. The van der Waals surface area contributed by atoms with Crippen LogP contribution in [0, 0.1) is 13.8 Å². The van der Waals surface area contributed by atoms with Gasteiger partial charge in [-0.1, -0.05) is 0 Å². The van der Waals surface area contributed by atoms with Gasteiger partial charge in [0.15, 0.2) is 0 Å². The largest absolute Gasteiger partial charge is 0.340 e. The molecule has 1 aromatic heterocycles. The van der Waals surface area contributed by atoms with E-state index in [1.54, 1.807) is 18.7 Å². The van der Waals surface area contributed by atoms with Crippen molar-refractivity contribution in [1.82, 2.24) is 20.0 Å². The monoisotopic (exact) mass is 308 g/mol. The molecule has 1 fully saturated rings. The van der Waals surface area contributed by atoms with E-state index in [0.29, 0.717) is 34.7 Å². The van der Waals surface area contributed by atoms with Gasteiger partial charge in [-0.15, -0.1) is 12.4 Å². The lowest BCUT2D eigenvalue weighted by atomic mass is 10.1. The molecule has 0 unspecified atom stereocenters. The molecule has 0 aliphatic carbocycles. The number of aromatic nitrogens is 2. The highest BCUT2D eigenvalue weighted by molar-refractivity contribution is 5.85. The van der Waals surface area contributed by atoms with E-state index in [2.05, 4.69) is 10.4 Å². The van der Waals surface area contributed by atoms with Crippen molar-refractivity contribution in [3.63, 3.8) is 0 Å². The van der Waals surface area contributed by atoms with Crippen LogP contribution in [0.2, 0.25) is 0 Å². The Bertz CT molecular complexity index is 472. The number of carbonyl (C=O) groups is 1. The molecule has 0 aromatic carbocycles. The van der Waals surface area contributed by atoms with Crippen LogP contribution >= 0.6 is 12.4 Å². The van der Waals surface area contributed by atoms with Crippen molar-refractivity contribution < 1.29 is 13.6 Å². The van der Waals surface area contributed by atoms with Crippen molar-refractivity contribution in [3.8, 4) is 0 Å². The van der Waals surface area contributed by atoms with E-state index in [4.69, 9.17) is 0 Å². The second kappa shape index (κ2) is 6.99. The van der Waals surface area contributed by atoms with Gasteiger partial charge in [0.05, 0.1) is 12.1 Å². The van der Waals surface area contributed by atoms with Crippen LogP contribution in [-0.4, -0.2) is 46.8 Å². The third-order valence-corrected chi connectivity index (χ3v) is 3.46. The minimum absolute atomic E-state index is 0. The van der Waals surface area contributed by atoms with Crippen LogP contribution in [0.4, 0.5) is 8.78 Å². The molecule has 1 N–H and O–H groups in total. The Morgan fingerprint density at radius 3 is 2.45 bits per heavy atom. The van der Waals surface area contributed by atoms with Gasteiger partial charge < -0.3 is 10.2 Å². The average molecular weight is 309 g/mol. The molecule has 114 valence electrons. The third kappa shape index (κ3) is 3.46. The smallest absolute Gasteiger partial charge is 0.333 e. The van der Waals surface area contributed by atoms with Crippen LogP contribution in [0.15, 0.2) is 0 Å². The number of hydrogen-bond donors (Lipinski definition) is 1. The number of aryl methyl sites for hydroxylation is 1. The third-order valence-electron chi connectivity index (χ3n) is 3.46. The second-order valence-corrected chi connectivity index (χ2v) is 4.68. The summed E-state index contributed by atoms with van der Waals surface area (Å²) in [4.78, 5) is 13.9. The first-order chi connectivity index (χ1) is 9.00. The maximum Gasteiger partial charge on any atom is 0.333 e. The summed E-state index contributed by atoms with van der Waals surface area (Å²) < 4.78 is 26.1. The fourth-order valence-electron chi connectivity index (χ4n) is 2.32. The fourth-order valence-corrected chi connectivity index (χ4v) is 2.32. The first-order valence-corrected chi connectivity index (χ1v) is 6.32. The highest BCUT2D eigenvalue weighted by atomic mass is 35.5. The van der Waals surface area contributed by atoms with Gasteiger partial charge >= 0.3 is 6.55 Å². The zero-order valence-corrected chi connectivity index (χ0v) is 12.3. The molecule has 1 amide bonds. The number of nitrogens with one attached hydrogen (secondary N) is 1. The van der Waals surface area contributed by atoms with Crippen LogP contribution < -0.4 is 5.32 Å². The van der Waals surface area contributed by atoms with Crippen LogP contribution in [0.5, 0.6) is 0 Å². The summed E-state index contributed by atoms with van der Waals surface area (Å²) >= 11 is 0. The van der Waals surface area contributed by atoms with Gasteiger partial charge in [-0.25, -0.2) is 4.68 Å². The molecular weight excluding hydrogens is 290 g/mol. The highest BCUT2D eigenvalue weighted by Crippen LogP contribution is 2.20. The van der Waals surface area contributed by atoms with Crippen molar-refractivity contribution in [2.75, 3.05) is 26.2 Å². The average Bonchev–Trinajstić information content (AvgIpc) is 2.68. The van der Waals surface area contributed by atoms with Crippen molar-refractivity contribution in [2.45, 2.75) is 26.8 Å². The van der Waals surface area contributed by atoms with Crippen LogP contribution in [0.3, 0.4) is 0 Å². The van der Waals surface area contributed by atoms with Crippen LogP contribution in [0.1, 0.15) is 23.5 Å². The molecule has 1 aromatic rings. The molecule has 0 spiro atoms. The van der Waals surface area contributed by atoms with Crippen LogP contribution in [0.25, 0.3) is 0 Å². The SMILES string of the molecule is Cc1nn(C(F)F)c(C)c1CC(=O)N1CCNCC1.Cl. The molecule has 0 atom stereocenters. The number of carbonyl (C=O) groups excluding carboxylic acids is 1. The summed E-state index contributed by atoms with van der Waals surface area (Å²) in [6.45, 7) is 3.46. The van der Waals surface area contributed by atoms with Gasteiger partial charge in [0.2, 0.25) is 5.91 Å². The van der Waals surface area contributed by atoms with Gasteiger partial charge in [-0.05, 0) is 13.8 Å². The Labute approximate surface area is 122 Å². The lowest BCUT2D eigenvalue weighted by Gasteiger charge is -2.27. The Hall–Kier alpha value is -1.21. The van der Waals surface area contributed by atoms with Gasteiger partial charge in [0, 0.05) is 37.4 Å². The molecule has 5 nitrogen and oxygen atoms in total. The van der Waals surface area contributed by atoms with Gasteiger partial charge in [-0.2, -0.15) is 13.9 Å². The molecule has 1 saturated heterocycles. The van der Waals surface area contributed by atoms with E-state index < -0.39 is 6.55 Å². The van der Waals surface area contributed by atoms with E-state index in [1.165, 1.54) is 0 Å². The van der Waals surface area contributed by atoms with E-state index in [0.717, 1.165) is 13.1 Å². The zero-order valence-electron chi connectivity index (χ0n) is 11.5. The van der Waals surface area contributed by atoms with Crippen molar-refractivity contribution in [1.29, 1.82) is 0 Å². The Kier molecular flexibility index (Phi) is 5.88. The standard InChI is InChI=1S/C12H18F2N4O.ClH/c1-8-10(9(2)18(16-8)12(13)14)7-11(19)17-5-3-15-4-6-17;/h12,15H,3-7H2,1-2H3;1H. The summed E-state index contributed by atoms with van der Waals surface area (Å²) in [5.41, 5.74) is 1.49. The molecular formula is C12H19ClF2N4O. The van der Waals surface area contributed by atoms with Gasteiger partial charge in [0.25, 0.3) is 0 Å². The Morgan fingerprint density at radius 2 is 1.95 bits per heavy atom. The molecule has 8 heteroatoms. The van der Waals surface area contributed by atoms with Crippen molar-refractivity contribution in [2.24, 2.45) is 0 Å². The topological polar surface area (TPSA) is 50.2 Å². The molecule has 0 saturated carbocycles. The summed E-state index contributed by atoms with van der Waals surface area (Å²) in [6, 6.07) is 0. The van der Waals surface area contributed by atoms with E-state index in [-0.39, 0.29) is 24.7 Å². The molecule has 1 aliphatic rings. The zero-order chi connectivity index (χ0) is 14.0. The fraction of sp³-hybridized carbons (Fsp3) is 0.667. The number of amides is 1. The maximum atomic E-state index is 12.7. The minimum atomic E-state index is -2.67. The first kappa shape index (κ1) is 16.8. The second-order valence-electron chi connectivity index (χ2n) is 4.68. The summed E-state index contributed by atoms with van der Waals surface area (Å²) in [7, 11) is 0. The summed E-state index contributed by atoms with van der Waals surface area (Å²) in [5, 5.41) is 6.96. The van der Waals surface area contributed by atoms with E-state index in [1.807, 2.05) is 0 Å². The molecule has 0 bridgehead atoms. The molecule has 2 heterocycles. The lowest BCUT2D eigenvalue weighted by molar-refractivity contribution is -0.131. The number of rotatable bonds is 3. The first-order valence-electron chi connectivity index (χ1n) is 6.32. The quantitative estimate of drug-likeness (QED) is 0.915. The number of hydrogen-bond acceptors (Lipinski definition) is 3. The van der Waals surface area contributed by atoms with Gasteiger partial charge in [-0.3, -0.25) is 4.79 Å². The Balaban J connectivity index is 0.00000200. The predicted octanol–water partition coefficient (Wildman–Crippen LogP) is 1.29. The summed E-state index contributed by atoms with van der Waals surface area (Å²) in [6.07, 6.45) is 0.143. The molecule has 2 rings (SSSR count). The lowest BCUT2D eigenvalue weighted by Crippen LogP contribution is -2.47.